The molecule has 0 spiro atoms. The predicted molar refractivity (Wildman–Crippen MR) is 95.4 cm³/mol. The van der Waals surface area contributed by atoms with Crippen molar-refractivity contribution in [2.75, 3.05) is 33.4 Å². The van der Waals surface area contributed by atoms with Crippen LogP contribution >= 0.6 is 0 Å². The minimum absolute atomic E-state index is 0.0298. The molecule has 1 aromatic heterocycles. The number of amides is 1. The fourth-order valence-electron chi connectivity index (χ4n) is 3.35. The molecule has 2 heterocycles. The van der Waals surface area contributed by atoms with Crippen molar-refractivity contribution in [1.29, 1.82) is 0 Å². The number of methoxy groups -OCH3 is 1. The van der Waals surface area contributed by atoms with Gasteiger partial charge >= 0.3 is 0 Å². The van der Waals surface area contributed by atoms with Gasteiger partial charge in [0.1, 0.15) is 6.54 Å². The average Bonchev–Trinajstić information content (AvgIpc) is 2.64. The summed E-state index contributed by atoms with van der Waals surface area (Å²) in [6, 6.07) is 7.13. The summed E-state index contributed by atoms with van der Waals surface area (Å²) < 4.78 is 6.71. The Kier molecular flexibility index (Phi) is 5.45. The summed E-state index contributed by atoms with van der Waals surface area (Å²) in [5.74, 6) is -0.187. The molecule has 0 aliphatic carbocycles. The van der Waals surface area contributed by atoms with E-state index in [4.69, 9.17) is 4.74 Å². The van der Waals surface area contributed by atoms with Gasteiger partial charge in [-0.3, -0.25) is 14.2 Å². The van der Waals surface area contributed by atoms with Crippen LogP contribution in [-0.2, 0) is 16.1 Å². The molecule has 25 heavy (non-hydrogen) atoms. The van der Waals surface area contributed by atoms with Crippen LogP contribution < -0.4 is 16.2 Å². The zero-order valence-corrected chi connectivity index (χ0v) is 14.5. The minimum atomic E-state index is -0.200. The van der Waals surface area contributed by atoms with Crippen molar-refractivity contribution in [2.24, 2.45) is 5.41 Å². The highest BCUT2D eigenvalue weighted by molar-refractivity contribution is 5.78. The van der Waals surface area contributed by atoms with Gasteiger partial charge in [0, 0.05) is 19.1 Å². The molecule has 7 nitrogen and oxygen atoms in total. The number of carbonyl (C=O) groups is 1. The van der Waals surface area contributed by atoms with Crippen LogP contribution in [0.1, 0.15) is 12.8 Å². The number of carbonyl (C=O) groups excluding carboxylic acids is 1. The Morgan fingerprint density at radius 3 is 2.88 bits per heavy atom. The van der Waals surface area contributed by atoms with E-state index in [0.29, 0.717) is 24.1 Å². The van der Waals surface area contributed by atoms with Gasteiger partial charge in [-0.25, -0.2) is 4.98 Å². The first-order valence-corrected chi connectivity index (χ1v) is 8.54. The van der Waals surface area contributed by atoms with Crippen molar-refractivity contribution in [1.82, 2.24) is 20.2 Å². The summed E-state index contributed by atoms with van der Waals surface area (Å²) in [7, 11) is 1.69. The van der Waals surface area contributed by atoms with Crippen LogP contribution in [0.3, 0.4) is 0 Å². The highest BCUT2D eigenvalue weighted by Crippen LogP contribution is 2.28. The second-order valence-electron chi connectivity index (χ2n) is 6.65. The highest BCUT2D eigenvalue weighted by Gasteiger charge is 2.32. The maximum atomic E-state index is 12.5. The number of para-hydroxylation sites is 1. The number of aromatic nitrogens is 2. The van der Waals surface area contributed by atoms with Crippen LogP contribution in [0.25, 0.3) is 10.9 Å². The molecule has 3 rings (SSSR count). The van der Waals surface area contributed by atoms with Gasteiger partial charge in [0.15, 0.2) is 0 Å². The topological polar surface area (TPSA) is 85.2 Å². The molecule has 0 bridgehead atoms. The Hall–Kier alpha value is -2.25. The third-order valence-electron chi connectivity index (χ3n) is 4.82. The third-order valence-corrected chi connectivity index (χ3v) is 4.82. The van der Waals surface area contributed by atoms with E-state index in [0.717, 1.165) is 25.9 Å². The number of rotatable bonds is 6. The van der Waals surface area contributed by atoms with E-state index in [9.17, 15) is 9.59 Å². The van der Waals surface area contributed by atoms with Gasteiger partial charge in [0.05, 0.1) is 23.8 Å². The normalized spacial score (nSPS) is 16.7. The van der Waals surface area contributed by atoms with Gasteiger partial charge in [-0.05, 0) is 38.1 Å². The van der Waals surface area contributed by atoms with E-state index < -0.39 is 0 Å². The zero-order valence-electron chi connectivity index (χ0n) is 14.5. The summed E-state index contributed by atoms with van der Waals surface area (Å²) >= 11 is 0. The zero-order chi connectivity index (χ0) is 17.7. The van der Waals surface area contributed by atoms with Crippen LogP contribution in [0.15, 0.2) is 35.4 Å². The van der Waals surface area contributed by atoms with Crippen molar-refractivity contribution < 1.29 is 9.53 Å². The Balaban J connectivity index is 1.66. The summed E-state index contributed by atoms with van der Waals surface area (Å²) in [6.07, 6.45) is 3.34. The summed E-state index contributed by atoms with van der Waals surface area (Å²) in [5, 5.41) is 6.82. The molecule has 1 aliphatic heterocycles. The lowest BCUT2D eigenvalue weighted by molar-refractivity contribution is -0.122. The number of nitrogens with one attached hydrogen (secondary N) is 2. The Labute approximate surface area is 146 Å². The molecule has 0 unspecified atom stereocenters. The van der Waals surface area contributed by atoms with Crippen LogP contribution in [0.2, 0.25) is 0 Å². The van der Waals surface area contributed by atoms with Gasteiger partial charge in [0.25, 0.3) is 5.56 Å². The highest BCUT2D eigenvalue weighted by atomic mass is 16.5. The lowest BCUT2D eigenvalue weighted by Gasteiger charge is -2.37. The fraction of sp³-hybridized carbons (Fsp3) is 0.500. The second kappa shape index (κ2) is 7.76. The van der Waals surface area contributed by atoms with Gasteiger partial charge in [0.2, 0.25) is 5.91 Å². The average molecular weight is 344 g/mol. The predicted octanol–water partition coefficient (Wildman–Crippen LogP) is 0.529. The lowest BCUT2D eigenvalue weighted by atomic mass is 9.79. The summed E-state index contributed by atoms with van der Waals surface area (Å²) in [6.45, 7) is 2.99. The SMILES string of the molecule is COCC1(CNC(=O)Cn2cnc3ccccc3c2=O)CCNCC1. The van der Waals surface area contributed by atoms with E-state index in [2.05, 4.69) is 15.6 Å². The molecule has 2 aromatic rings. The third kappa shape index (κ3) is 4.05. The molecule has 7 heteroatoms. The molecular formula is C18H24N4O3. The number of fused-ring (bicyclic) bond motifs is 1. The number of piperidine rings is 1. The smallest absolute Gasteiger partial charge is 0.261 e. The maximum absolute atomic E-state index is 12.5. The van der Waals surface area contributed by atoms with E-state index in [-0.39, 0.29) is 23.4 Å². The van der Waals surface area contributed by atoms with E-state index >= 15 is 0 Å². The second-order valence-corrected chi connectivity index (χ2v) is 6.65. The van der Waals surface area contributed by atoms with Gasteiger partial charge in [-0.15, -0.1) is 0 Å². The van der Waals surface area contributed by atoms with E-state index in [1.54, 1.807) is 25.3 Å². The fourth-order valence-corrected chi connectivity index (χ4v) is 3.35. The van der Waals surface area contributed by atoms with E-state index in [1.807, 2.05) is 6.07 Å². The number of nitrogens with zero attached hydrogens (tertiary/aromatic N) is 2. The van der Waals surface area contributed by atoms with Gasteiger partial charge < -0.3 is 15.4 Å². The van der Waals surface area contributed by atoms with Gasteiger partial charge in [-0.1, -0.05) is 12.1 Å². The standard InChI is InChI=1S/C18H24N4O3/c1-25-12-18(6-8-19-9-7-18)11-20-16(23)10-22-13-21-15-5-3-2-4-14(15)17(22)24/h2-5,13,19H,6-12H2,1H3,(H,20,23). The molecule has 1 saturated heterocycles. The Morgan fingerprint density at radius 1 is 1.36 bits per heavy atom. The van der Waals surface area contributed by atoms with Crippen molar-refractivity contribution >= 4 is 16.8 Å². The number of hydrogen-bond donors (Lipinski definition) is 2. The van der Waals surface area contributed by atoms with Gasteiger partial charge in [-0.2, -0.15) is 0 Å². The van der Waals surface area contributed by atoms with Crippen LogP contribution in [0, 0.1) is 5.41 Å². The summed E-state index contributed by atoms with van der Waals surface area (Å²) in [4.78, 5) is 29.0. The maximum Gasteiger partial charge on any atom is 0.261 e. The minimum Gasteiger partial charge on any atom is -0.384 e. The molecule has 1 amide bonds. The van der Waals surface area contributed by atoms with Crippen LogP contribution in [0.5, 0.6) is 0 Å². The van der Waals surface area contributed by atoms with Crippen molar-refractivity contribution in [3.63, 3.8) is 0 Å². The quantitative estimate of drug-likeness (QED) is 0.798. The van der Waals surface area contributed by atoms with Crippen molar-refractivity contribution in [3.8, 4) is 0 Å². The molecule has 1 aromatic carbocycles. The number of hydrogen-bond acceptors (Lipinski definition) is 5. The van der Waals surface area contributed by atoms with E-state index in [1.165, 1.54) is 10.9 Å². The molecule has 134 valence electrons. The Bertz CT molecular complexity index is 791. The Morgan fingerprint density at radius 2 is 2.12 bits per heavy atom. The van der Waals surface area contributed by atoms with Crippen LogP contribution in [-0.4, -0.2) is 48.8 Å². The molecular weight excluding hydrogens is 320 g/mol. The largest absolute Gasteiger partial charge is 0.384 e. The summed E-state index contributed by atoms with van der Waals surface area (Å²) in [5.41, 5.74) is 0.398. The van der Waals surface area contributed by atoms with Crippen LogP contribution in [0.4, 0.5) is 0 Å². The molecule has 1 aliphatic rings. The molecule has 1 fully saturated rings. The number of benzene rings is 1. The molecule has 0 radical (unpaired) electrons. The molecule has 2 N–H and O–H groups in total. The lowest BCUT2D eigenvalue weighted by Crippen LogP contribution is -2.48. The van der Waals surface area contributed by atoms with Crippen molar-refractivity contribution in [2.45, 2.75) is 19.4 Å². The number of ether oxygens (including phenoxy) is 1. The van der Waals surface area contributed by atoms with Crippen molar-refractivity contribution in [3.05, 3.63) is 40.9 Å². The first-order chi connectivity index (χ1) is 12.1. The first-order valence-electron chi connectivity index (χ1n) is 8.54. The molecule has 0 saturated carbocycles. The monoisotopic (exact) mass is 344 g/mol. The molecule has 0 atom stereocenters. The first kappa shape index (κ1) is 17.6.